The molecular weight excluding hydrogens is 349 g/mol. The fourth-order valence-corrected chi connectivity index (χ4v) is 3.13. The molecule has 0 saturated carbocycles. The van der Waals surface area contributed by atoms with Crippen molar-refractivity contribution in [1.29, 1.82) is 0 Å². The van der Waals surface area contributed by atoms with Gasteiger partial charge in [0.25, 0.3) is 5.91 Å². The molecule has 4 rings (SSSR count). The van der Waals surface area contributed by atoms with E-state index in [1.54, 1.807) is 22.2 Å². The summed E-state index contributed by atoms with van der Waals surface area (Å²) in [6.07, 6.45) is 1.61. The van der Waals surface area contributed by atoms with Crippen LogP contribution >= 0.6 is 0 Å². The van der Waals surface area contributed by atoms with Crippen molar-refractivity contribution >= 4 is 23.6 Å². The van der Waals surface area contributed by atoms with Crippen molar-refractivity contribution in [1.82, 2.24) is 4.90 Å². The minimum Gasteiger partial charge on any atom is -0.484 e. The number of benzene rings is 2. The van der Waals surface area contributed by atoms with E-state index >= 15 is 0 Å². The lowest BCUT2D eigenvalue weighted by atomic mass is 10.1. The molecule has 7 heteroatoms. The lowest BCUT2D eigenvalue weighted by Gasteiger charge is -2.27. The van der Waals surface area contributed by atoms with Crippen LogP contribution in [-0.4, -0.2) is 50.1 Å². The van der Waals surface area contributed by atoms with Gasteiger partial charge in [0.1, 0.15) is 11.6 Å². The van der Waals surface area contributed by atoms with Gasteiger partial charge >= 0.3 is 0 Å². The van der Waals surface area contributed by atoms with E-state index < -0.39 is 0 Å². The molecule has 0 unspecified atom stereocenters. The summed E-state index contributed by atoms with van der Waals surface area (Å²) in [6, 6.07) is 12.2. The molecule has 2 aliphatic heterocycles. The maximum Gasteiger partial charge on any atom is 0.260 e. The molecule has 1 saturated heterocycles. The number of amides is 1. The van der Waals surface area contributed by atoms with E-state index in [1.807, 2.05) is 24.3 Å². The standard InChI is InChI=1S/C20H20FN3O3/c21-17-6-5-16(27-13-20(25)23-7-9-26-10-8-23)11-19(17)24-12-15-3-1-2-4-18(15)22-14-24/h1-6,11,14H,7-10,12-13H2. The van der Waals surface area contributed by atoms with Crippen LogP contribution in [0.25, 0.3) is 0 Å². The number of fused-ring (bicyclic) bond motifs is 1. The molecule has 0 bridgehead atoms. The molecule has 2 aliphatic rings. The molecule has 0 N–H and O–H groups in total. The average molecular weight is 369 g/mol. The molecule has 2 aromatic carbocycles. The van der Waals surface area contributed by atoms with E-state index in [2.05, 4.69) is 4.99 Å². The molecule has 1 fully saturated rings. The highest BCUT2D eigenvalue weighted by Gasteiger charge is 2.19. The first kappa shape index (κ1) is 17.5. The van der Waals surface area contributed by atoms with Crippen molar-refractivity contribution in [2.24, 2.45) is 4.99 Å². The largest absolute Gasteiger partial charge is 0.484 e. The summed E-state index contributed by atoms with van der Waals surface area (Å²) in [5.41, 5.74) is 2.27. The number of para-hydroxylation sites is 1. The zero-order valence-corrected chi connectivity index (χ0v) is 14.8. The van der Waals surface area contributed by atoms with Crippen LogP contribution in [0.3, 0.4) is 0 Å². The van der Waals surface area contributed by atoms with Gasteiger partial charge in [0.05, 0.1) is 37.5 Å². The van der Waals surface area contributed by atoms with Gasteiger partial charge in [-0.3, -0.25) is 4.79 Å². The van der Waals surface area contributed by atoms with Gasteiger partial charge in [0, 0.05) is 19.2 Å². The Morgan fingerprint density at radius 3 is 2.85 bits per heavy atom. The van der Waals surface area contributed by atoms with Crippen molar-refractivity contribution in [3.63, 3.8) is 0 Å². The predicted molar refractivity (Wildman–Crippen MR) is 100 cm³/mol. The van der Waals surface area contributed by atoms with Gasteiger partial charge in [-0.15, -0.1) is 0 Å². The van der Waals surface area contributed by atoms with E-state index in [1.165, 1.54) is 12.1 Å². The molecule has 0 aromatic heterocycles. The smallest absolute Gasteiger partial charge is 0.260 e. The van der Waals surface area contributed by atoms with Crippen LogP contribution in [0, 0.1) is 5.82 Å². The topological polar surface area (TPSA) is 54.4 Å². The zero-order valence-electron chi connectivity index (χ0n) is 14.8. The first-order valence-corrected chi connectivity index (χ1v) is 8.87. The molecule has 0 atom stereocenters. The minimum absolute atomic E-state index is 0.0814. The molecular formula is C20H20FN3O3. The Kier molecular flexibility index (Phi) is 5.02. The number of hydrogen-bond acceptors (Lipinski definition) is 5. The van der Waals surface area contributed by atoms with Crippen LogP contribution in [0.15, 0.2) is 47.5 Å². The zero-order chi connectivity index (χ0) is 18.6. The second kappa shape index (κ2) is 7.75. The Morgan fingerprint density at radius 1 is 1.19 bits per heavy atom. The van der Waals surface area contributed by atoms with E-state index in [0.29, 0.717) is 44.3 Å². The van der Waals surface area contributed by atoms with Gasteiger partial charge in [-0.25, -0.2) is 9.38 Å². The fourth-order valence-electron chi connectivity index (χ4n) is 3.13. The van der Waals surface area contributed by atoms with Crippen LogP contribution in [0.2, 0.25) is 0 Å². The summed E-state index contributed by atoms with van der Waals surface area (Å²) in [5, 5.41) is 0. The second-order valence-corrected chi connectivity index (χ2v) is 6.40. The molecule has 0 spiro atoms. The maximum atomic E-state index is 14.4. The number of rotatable bonds is 4. The third kappa shape index (κ3) is 3.93. The first-order valence-electron chi connectivity index (χ1n) is 8.87. The fraction of sp³-hybridized carbons (Fsp3) is 0.300. The Balaban J connectivity index is 1.45. The molecule has 1 amide bonds. The third-order valence-electron chi connectivity index (χ3n) is 4.62. The van der Waals surface area contributed by atoms with Gasteiger partial charge in [-0.05, 0) is 23.8 Å². The Hall–Kier alpha value is -2.93. The maximum absolute atomic E-state index is 14.4. The van der Waals surface area contributed by atoms with E-state index in [4.69, 9.17) is 9.47 Å². The summed E-state index contributed by atoms with van der Waals surface area (Å²) in [6.45, 7) is 2.67. The number of hydrogen-bond donors (Lipinski definition) is 0. The Morgan fingerprint density at radius 2 is 2.00 bits per heavy atom. The quantitative estimate of drug-likeness (QED) is 0.832. The second-order valence-electron chi connectivity index (χ2n) is 6.40. The van der Waals surface area contributed by atoms with Gasteiger partial charge in [-0.2, -0.15) is 0 Å². The van der Waals surface area contributed by atoms with E-state index in [0.717, 1.165) is 11.3 Å². The van der Waals surface area contributed by atoms with E-state index in [9.17, 15) is 9.18 Å². The molecule has 27 heavy (non-hydrogen) atoms. The van der Waals surface area contributed by atoms with Gasteiger partial charge in [-0.1, -0.05) is 18.2 Å². The first-order chi connectivity index (χ1) is 13.2. The van der Waals surface area contributed by atoms with Crippen LogP contribution in [0.5, 0.6) is 5.75 Å². The number of halogens is 1. The van der Waals surface area contributed by atoms with Gasteiger partial charge in [0.15, 0.2) is 6.61 Å². The molecule has 0 radical (unpaired) electrons. The minimum atomic E-state index is -0.368. The highest BCUT2D eigenvalue weighted by atomic mass is 19.1. The number of aliphatic imine (C=N–C) groups is 1. The van der Waals surface area contributed by atoms with E-state index in [-0.39, 0.29) is 18.3 Å². The summed E-state index contributed by atoms with van der Waals surface area (Å²) in [4.78, 5) is 20.0. The van der Waals surface area contributed by atoms with Gasteiger partial charge < -0.3 is 19.3 Å². The monoisotopic (exact) mass is 369 g/mol. The van der Waals surface area contributed by atoms with Crippen molar-refractivity contribution in [3.05, 3.63) is 53.8 Å². The number of morpholine rings is 1. The molecule has 0 aliphatic carbocycles. The van der Waals surface area contributed by atoms with Crippen molar-refractivity contribution in [2.75, 3.05) is 37.8 Å². The lowest BCUT2D eigenvalue weighted by molar-refractivity contribution is -0.137. The Labute approximate surface area is 156 Å². The highest BCUT2D eigenvalue weighted by molar-refractivity contribution is 5.84. The van der Waals surface area contributed by atoms with Crippen molar-refractivity contribution < 1.29 is 18.7 Å². The van der Waals surface area contributed by atoms with Crippen LogP contribution in [-0.2, 0) is 16.1 Å². The lowest BCUT2D eigenvalue weighted by Crippen LogP contribution is -2.42. The van der Waals surface area contributed by atoms with Gasteiger partial charge in [0.2, 0.25) is 0 Å². The van der Waals surface area contributed by atoms with Crippen molar-refractivity contribution in [2.45, 2.75) is 6.54 Å². The molecule has 6 nitrogen and oxygen atoms in total. The summed E-state index contributed by atoms with van der Waals surface area (Å²) < 4.78 is 25.2. The number of nitrogens with zero attached hydrogens (tertiary/aromatic N) is 3. The third-order valence-corrected chi connectivity index (χ3v) is 4.62. The predicted octanol–water partition coefficient (Wildman–Crippen LogP) is 2.74. The number of carbonyl (C=O) groups excluding carboxylic acids is 1. The summed E-state index contributed by atoms with van der Waals surface area (Å²) >= 11 is 0. The van der Waals surface area contributed by atoms with Crippen molar-refractivity contribution in [3.8, 4) is 5.75 Å². The molecule has 2 heterocycles. The average Bonchev–Trinajstić information content (AvgIpc) is 2.73. The normalized spacial score (nSPS) is 16.2. The number of anilines is 1. The van der Waals surface area contributed by atoms with Crippen LogP contribution < -0.4 is 9.64 Å². The van der Waals surface area contributed by atoms with Crippen LogP contribution in [0.4, 0.5) is 15.8 Å². The Bertz CT molecular complexity index is 865. The SMILES string of the molecule is O=C(COc1ccc(F)c(N2C=Nc3ccccc3C2)c1)N1CCOCC1. The highest BCUT2D eigenvalue weighted by Crippen LogP contribution is 2.30. The summed E-state index contributed by atoms with van der Waals surface area (Å²) in [7, 11) is 0. The molecule has 2 aromatic rings. The molecule has 140 valence electrons. The number of carbonyl (C=O) groups is 1. The number of ether oxygens (including phenoxy) is 2. The van der Waals surface area contributed by atoms with Crippen LogP contribution in [0.1, 0.15) is 5.56 Å². The summed E-state index contributed by atoms with van der Waals surface area (Å²) in [5.74, 6) is -0.0226.